The van der Waals surface area contributed by atoms with Crippen LogP contribution in [-0.2, 0) is 0 Å². The van der Waals surface area contributed by atoms with Crippen LogP contribution < -0.4 is 11.3 Å². The molecule has 1 aliphatic rings. The van der Waals surface area contributed by atoms with Crippen molar-refractivity contribution in [3.05, 3.63) is 0 Å². The summed E-state index contributed by atoms with van der Waals surface area (Å²) in [7, 11) is 0. The molecule has 0 radical (unpaired) electrons. The van der Waals surface area contributed by atoms with Crippen molar-refractivity contribution >= 4 is 0 Å². The van der Waals surface area contributed by atoms with Crippen molar-refractivity contribution in [3.8, 4) is 0 Å². The normalized spacial score (nSPS) is 30.0. The molecule has 2 atom stereocenters. The van der Waals surface area contributed by atoms with E-state index >= 15 is 0 Å². The minimum atomic E-state index is -2.43. The van der Waals surface area contributed by atoms with Gasteiger partial charge in [-0.05, 0) is 32.1 Å². The number of rotatable bonds is 3. The average molecular weight is 192 g/mol. The molecule has 1 rings (SSSR count). The SMILES string of the molecule is CC(CC1CCCC(F)(F)C1)NN. The fourth-order valence-corrected chi connectivity index (χ4v) is 2.05. The quantitative estimate of drug-likeness (QED) is 0.530. The number of hydrogen-bond acceptors (Lipinski definition) is 2. The molecular weight excluding hydrogens is 174 g/mol. The summed E-state index contributed by atoms with van der Waals surface area (Å²) in [4.78, 5) is 0. The van der Waals surface area contributed by atoms with Crippen LogP contribution in [0.4, 0.5) is 8.78 Å². The second-order valence-corrected chi connectivity index (χ2v) is 4.12. The lowest BCUT2D eigenvalue weighted by molar-refractivity contribution is -0.0545. The maximum Gasteiger partial charge on any atom is 0.248 e. The minimum Gasteiger partial charge on any atom is -0.271 e. The highest BCUT2D eigenvalue weighted by Crippen LogP contribution is 2.38. The first-order chi connectivity index (χ1) is 6.03. The Labute approximate surface area is 77.8 Å². The van der Waals surface area contributed by atoms with E-state index < -0.39 is 5.92 Å². The first-order valence-corrected chi connectivity index (χ1v) is 4.87. The van der Waals surface area contributed by atoms with Gasteiger partial charge in [0.25, 0.3) is 0 Å². The van der Waals surface area contributed by atoms with Crippen molar-refractivity contribution in [1.82, 2.24) is 5.43 Å². The van der Waals surface area contributed by atoms with E-state index in [0.717, 1.165) is 12.8 Å². The van der Waals surface area contributed by atoms with Crippen LogP contribution in [0.15, 0.2) is 0 Å². The largest absolute Gasteiger partial charge is 0.271 e. The third-order valence-corrected chi connectivity index (χ3v) is 2.71. The maximum atomic E-state index is 13.0. The number of hydrogen-bond donors (Lipinski definition) is 2. The summed E-state index contributed by atoms with van der Waals surface area (Å²) in [5.41, 5.74) is 2.59. The van der Waals surface area contributed by atoms with Gasteiger partial charge in [0.05, 0.1) is 0 Å². The molecule has 0 amide bonds. The minimum absolute atomic E-state index is 0.0407. The van der Waals surface area contributed by atoms with Gasteiger partial charge in [-0.2, -0.15) is 0 Å². The Balaban J connectivity index is 2.34. The van der Waals surface area contributed by atoms with E-state index in [9.17, 15) is 8.78 Å². The molecule has 0 saturated heterocycles. The standard InChI is InChI=1S/C9H18F2N2/c1-7(13-12)5-8-3-2-4-9(10,11)6-8/h7-8,13H,2-6,12H2,1H3. The lowest BCUT2D eigenvalue weighted by Crippen LogP contribution is -2.36. The zero-order valence-electron chi connectivity index (χ0n) is 8.02. The molecule has 0 aliphatic heterocycles. The predicted molar refractivity (Wildman–Crippen MR) is 48.3 cm³/mol. The molecule has 1 aliphatic carbocycles. The van der Waals surface area contributed by atoms with E-state index in [4.69, 9.17) is 5.84 Å². The van der Waals surface area contributed by atoms with Crippen LogP contribution in [0.1, 0.15) is 39.0 Å². The van der Waals surface area contributed by atoms with Crippen LogP contribution in [0.5, 0.6) is 0 Å². The van der Waals surface area contributed by atoms with Gasteiger partial charge in [-0.3, -0.25) is 11.3 Å². The van der Waals surface area contributed by atoms with Crippen LogP contribution >= 0.6 is 0 Å². The molecule has 3 N–H and O–H groups in total. The molecule has 78 valence electrons. The second kappa shape index (κ2) is 4.33. The molecular formula is C9H18F2N2. The summed E-state index contributed by atoms with van der Waals surface area (Å²) < 4.78 is 25.9. The van der Waals surface area contributed by atoms with Crippen molar-refractivity contribution in [3.63, 3.8) is 0 Å². The van der Waals surface area contributed by atoms with E-state index in [1.807, 2.05) is 6.92 Å². The summed E-state index contributed by atoms with van der Waals surface area (Å²) in [5, 5.41) is 0. The van der Waals surface area contributed by atoms with Crippen LogP contribution in [0, 0.1) is 5.92 Å². The molecule has 2 unspecified atom stereocenters. The number of nitrogens with one attached hydrogen (secondary N) is 1. The zero-order chi connectivity index (χ0) is 9.90. The highest BCUT2D eigenvalue weighted by molar-refractivity contribution is 4.80. The Morgan fingerprint density at radius 2 is 2.31 bits per heavy atom. The fourth-order valence-electron chi connectivity index (χ4n) is 2.05. The van der Waals surface area contributed by atoms with Gasteiger partial charge >= 0.3 is 0 Å². The Hall–Kier alpha value is -0.220. The molecule has 0 aromatic rings. The lowest BCUT2D eigenvalue weighted by atomic mass is 9.83. The molecule has 0 aromatic heterocycles. The van der Waals surface area contributed by atoms with Gasteiger partial charge in [0.15, 0.2) is 0 Å². The summed E-state index contributed by atoms with van der Waals surface area (Å²) in [6.07, 6.45) is 2.43. The molecule has 0 bridgehead atoms. The van der Waals surface area contributed by atoms with Crippen LogP contribution in [-0.4, -0.2) is 12.0 Å². The van der Waals surface area contributed by atoms with Crippen molar-refractivity contribution in [1.29, 1.82) is 0 Å². The number of hydrazine groups is 1. The molecule has 0 spiro atoms. The van der Waals surface area contributed by atoms with Crippen molar-refractivity contribution < 1.29 is 8.78 Å². The average Bonchev–Trinajstić information content (AvgIpc) is 2.02. The predicted octanol–water partition coefficient (Wildman–Crippen LogP) is 2.05. The molecule has 1 saturated carbocycles. The first kappa shape index (κ1) is 10.9. The van der Waals surface area contributed by atoms with Gasteiger partial charge in [0.1, 0.15) is 0 Å². The van der Waals surface area contributed by atoms with Gasteiger partial charge in [0, 0.05) is 18.9 Å². The summed E-state index contributed by atoms with van der Waals surface area (Å²) >= 11 is 0. The van der Waals surface area contributed by atoms with Gasteiger partial charge in [-0.25, -0.2) is 8.78 Å². The Morgan fingerprint density at radius 3 is 2.85 bits per heavy atom. The molecule has 4 heteroatoms. The van der Waals surface area contributed by atoms with Crippen LogP contribution in [0.25, 0.3) is 0 Å². The zero-order valence-corrected chi connectivity index (χ0v) is 8.02. The van der Waals surface area contributed by atoms with E-state index in [-0.39, 0.29) is 24.8 Å². The van der Waals surface area contributed by atoms with E-state index in [1.54, 1.807) is 0 Å². The topological polar surface area (TPSA) is 38.0 Å². The smallest absolute Gasteiger partial charge is 0.248 e. The molecule has 13 heavy (non-hydrogen) atoms. The third-order valence-electron chi connectivity index (χ3n) is 2.71. The highest BCUT2D eigenvalue weighted by Gasteiger charge is 2.36. The number of nitrogens with two attached hydrogens (primary N) is 1. The van der Waals surface area contributed by atoms with E-state index in [2.05, 4.69) is 5.43 Å². The Bertz CT molecular complexity index is 162. The number of alkyl halides is 2. The van der Waals surface area contributed by atoms with E-state index in [1.165, 1.54) is 0 Å². The molecule has 0 heterocycles. The Morgan fingerprint density at radius 1 is 1.62 bits per heavy atom. The van der Waals surface area contributed by atoms with Gasteiger partial charge in [-0.1, -0.05) is 0 Å². The molecule has 2 nitrogen and oxygen atoms in total. The second-order valence-electron chi connectivity index (χ2n) is 4.12. The van der Waals surface area contributed by atoms with Crippen molar-refractivity contribution in [2.45, 2.75) is 51.0 Å². The van der Waals surface area contributed by atoms with Crippen molar-refractivity contribution in [2.24, 2.45) is 11.8 Å². The Kier molecular flexibility index (Phi) is 3.62. The molecule has 0 aromatic carbocycles. The fraction of sp³-hybridized carbons (Fsp3) is 1.00. The third kappa shape index (κ3) is 3.56. The highest BCUT2D eigenvalue weighted by atomic mass is 19.3. The maximum absolute atomic E-state index is 13.0. The van der Waals surface area contributed by atoms with Gasteiger partial charge < -0.3 is 0 Å². The van der Waals surface area contributed by atoms with Crippen LogP contribution in [0.2, 0.25) is 0 Å². The summed E-state index contributed by atoms with van der Waals surface area (Å²) in [6.45, 7) is 1.92. The van der Waals surface area contributed by atoms with Crippen LogP contribution in [0.3, 0.4) is 0 Å². The molecule has 1 fully saturated rings. The summed E-state index contributed by atoms with van der Waals surface area (Å²) in [5.74, 6) is 2.92. The lowest BCUT2D eigenvalue weighted by Gasteiger charge is -2.30. The summed E-state index contributed by atoms with van der Waals surface area (Å²) in [6, 6.07) is 0.138. The monoisotopic (exact) mass is 192 g/mol. The van der Waals surface area contributed by atoms with E-state index in [0.29, 0.717) is 6.42 Å². The van der Waals surface area contributed by atoms with Gasteiger partial charge in [-0.15, -0.1) is 0 Å². The van der Waals surface area contributed by atoms with Crippen molar-refractivity contribution in [2.75, 3.05) is 0 Å². The van der Waals surface area contributed by atoms with Gasteiger partial charge in [0.2, 0.25) is 5.92 Å². The number of halogens is 2. The first-order valence-electron chi connectivity index (χ1n) is 4.87.